The molecule has 0 bridgehead atoms. The summed E-state index contributed by atoms with van der Waals surface area (Å²) in [6, 6.07) is 4.93. The number of nitrogens with one attached hydrogen (secondary N) is 1. The highest BCUT2D eigenvalue weighted by Gasteiger charge is 2.12. The number of anilines is 1. The van der Waals surface area contributed by atoms with Crippen LogP contribution in [-0.2, 0) is 0 Å². The lowest BCUT2D eigenvalue weighted by Gasteiger charge is -2.08. The summed E-state index contributed by atoms with van der Waals surface area (Å²) < 4.78 is 0. The molecule has 0 aliphatic heterocycles. The van der Waals surface area contributed by atoms with Gasteiger partial charge in [-0.05, 0) is 12.1 Å². The first-order valence-corrected chi connectivity index (χ1v) is 5.94. The lowest BCUT2D eigenvalue weighted by molar-refractivity contribution is 0.102. The lowest BCUT2D eigenvalue weighted by atomic mass is 10.3. The van der Waals surface area contributed by atoms with Crippen LogP contribution >= 0.6 is 34.8 Å². The van der Waals surface area contributed by atoms with Gasteiger partial charge in [0, 0.05) is 0 Å². The first-order valence-electron chi connectivity index (χ1n) is 4.81. The Labute approximate surface area is 118 Å². The normalized spacial score (nSPS) is 10.2. The smallest absolute Gasteiger partial charge is 0.275 e. The molecule has 0 saturated heterocycles. The first kappa shape index (κ1) is 13.1. The molecule has 0 fully saturated rings. The van der Waals surface area contributed by atoms with Crippen molar-refractivity contribution >= 4 is 46.4 Å². The van der Waals surface area contributed by atoms with Crippen LogP contribution in [0.2, 0.25) is 15.2 Å². The average Bonchev–Trinajstić information content (AvgIpc) is 2.34. The number of benzene rings is 1. The van der Waals surface area contributed by atoms with E-state index in [1.165, 1.54) is 12.4 Å². The van der Waals surface area contributed by atoms with Gasteiger partial charge in [-0.1, -0.05) is 40.9 Å². The maximum absolute atomic E-state index is 11.9. The highest BCUT2D eigenvalue weighted by Crippen LogP contribution is 2.29. The molecule has 0 aliphatic rings. The van der Waals surface area contributed by atoms with Gasteiger partial charge in [-0.25, -0.2) is 9.97 Å². The fourth-order valence-electron chi connectivity index (χ4n) is 1.22. The third kappa shape index (κ3) is 2.90. The molecule has 0 spiro atoms. The van der Waals surface area contributed by atoms with Crippen molar-refractivity contribution in [2.45, 2.75) is 0 Å². The highest BCUT2D eigenvalue weighted by atomic mass is 35.5. The van der Waals surface area contributed by atoms with Gasteiger partial charge in [-0.3, -0.25) is 4.79 Å². The summed E-state index contributed by atoms with van der Waals surface area (Å²) in [7, 11) is 0. The van der Waals surface area contributed by atoms with Gasteiger partial charge in [-0.15, -0.1) is 0 Å². The molecule has 0 atom stereocenters. The van der Waals surface area contributed by atoms with E-state index in [1.807, 2.05) is 0 Å². The van der Waals surface area contributed by atoms with Gasteiger partial charge in [0.2, 0.25) is 0 Å². The topological polar surface area (TPSA) is 54.9 Å². The zero-order valence-electron chi connectivity index (χ0n) is 8.82. The number of carbonyl (C=O) groups is 1. The number of hydrogen-bond acceptors (Lipinski definition) is 3. The molecule has 0 unspecified atom stereocenters. The van der Waals surface area contributed by atoms with E-state index in [-0.39, 0.29) is 10.8 Å². The standard InChI is InChI=1S/C11H6Cl3N3O/c12-6-2-1-3-7(13)10(6)17-11(18)8-4-16-9(14)5-15-8/h1-5H,(H,17,18). The number of rotatable bonds is 2. The zero-order chi connectivity index (χ0) is 13.1. The largest absolute Gasteiger partial charge is 0.318 e. The number of hydrogen-bond donors (Lipinski definition) is 1. The molecule has 0 aliphatic carbocycles. The second-order valence-electron chi connectivity index (χ2n) is 3.28. The van der Waals surface area contributed by atoms with Crippen LogP contribution in [0.25, 0.3) is 0 Å². The molecule has 92 valence electrons. The molecule has 7 heteroatoms. The average molecular weight is 303 g/mol. The molecule has 1 heterocycles. The number of aromatic nitrogens is 2. The van der Waals surface area contributed by atoms with Crippen molar-refractivity contribution < 1.29 is 4.79 Å². The second kappa shape index (κ2) is 5.52. The predicted octanol–water partition coefficient (Wildman–Crippen LogP) is 3.69. The Balaban J connectivity index is 2.24. The number of halogens is 3. The van der Waals surface area contributed by atoms with E-state index in [0.717, 1.165) is 0 Å². The third-order valence-corrected chi connectivity index (χ3v) is 2.88. The van der Waals surface area contributed by atoms with E-state index in [1.54, 1.807) is 18.2 Å². The highest BCUT2D eigenvalue weighted by molar-refractivity contribution is 6.40. The van der Waals surface area contributed by atoms with Crippen LogP contribution < -0.4 is 5.32 Å². The van der Waals surface area contributed by atoms with Gasteiger partial charge < -0.3 is 5.32 Å². The molecule has 4 nitrogen and oxygen atoms in total. The Hall–Kier alpha value is -1.36. The number of carbonyl (C=O) groups excluding carboxylic acids is 1. The fourth-order valence-corrected chi connectivity index (χ4v) is 1.81. The first-order chi connectivity index (χ1) is 8.58. The third-order valence-electron chi connectivity index (χ3n) is 2.05. The summed E-state index contributed by atoms with van der Waals surface area (Å²) in [6.45, 7) is 0. The van der Waals surface area contributed by atoms with Gasteiger partial charge in [0.05, 0.1) is 28.1 Å². The second-order valence-corrected chi connectivity index (χ2v) is 4.48. The van der Waals surface area contributed by atoms with Gasteiger partial charge in [-0.2, -0.15) is 0 Å². The van der Waals surface area contributed by atoms with Crippen molar-refractivity contribution in [2.75, 3.05) is 5.32 Å². The summed E-state index contributed by atoms with van der Waals surface area (Å²) in [5.41, 5.74) is 0.456. The molecule has 2 rings (SSSR count). The Morgan fingerprint density at radius 1 is 1.06 bits per heavy atom. The summed E-state index contributed by atoms with van der Waals surface area (Å²) >= 11 is 17.4. The summed E-state index contributed by atoms with van der Waals surface area (Å²) in [5, 5.41) is 3.47. The molecule has 1 aromatic heterocycles. The van der Waals surface area contributed by atoms with Crippen LogP contribution in [0.1, 0.15) is 10.5 Å². The van der Waals surface area contributed by atoms with E-state index < -0.39 is 5.91 Å². The van der Waals surface area contributed by atoms with E-state index >= 15 is 0 Å². The number of para-hydroxylation sites is 1. The van der Waals surface area contributed by atoms with Crippen molar-refractivity contribution in [3.05, 3.63) is 51.5 Å². The monoisotopic (exact) mass is 301 g/mol. The maximum Gasteiger partial charge on any atom is 0.275 e. The van der Waals surface area contributed by atoms with Crippen LogP contribution in [0, 0.1) is 0 Å². The van der Waals surface area contributed by atoms with E-state index in [4.69, 9.17) is 34.8 Å². The Bertz CT molecular complexity index is 566. The zero-order valence-corrected chi connectivity index (χ0v) is 11.1. The molecular formula is C11H6Cl3N3O. The summed E-state index contributed by atoms with van der Waals surface area (Å²) in [6.07, 6.45) is 2.55. The van der Waals surface area contributed by atoms with Crippen LogP contribution in [-0.4, -0.2) is 15.9 Å². The molecule has 1 N–H and O–H groups in total. The van der Waals surface area contributed by atoms with Gasteiger partial charge >= 0.3 is 0 Å². The summed E-state index contributed by atoms with van der Waals surface area (Å²) in [4.78, 5) is 19.5. The minimum Gasteiger partial charge on any atom is -0.318 e. The maximum atomic E-state index is 11.9. The molecule has 1 aromatic carbocycles. The lowest BCUT2D eigenvalue weighted by Crippen LogP contribution is -2.14. The van der Waals surface area contributed by atoms with Gasteiger partial charge in [0.1, 0.15) is 10.8 Å². The Morgan fingerprint density at radius 3 is 2.28 bits per heavy atom. The molecule has 0 saturated carbocycles. The van der Waals surface area contributed by atoms with Crippen LogP contribution in [0.5, 0.6) is 0 Å². The van der Waals surface area contributed by atoms with E-state index in [0.29, 0.717) is 15.7 Å². The van der Waals surface area contributed by atoms with Gasteiger partial charge in [0.15, 0.2) is 0 Å². The minimum absolute atomic E-state index is 0.121. The Kier molecular flexibility index (Phi) is 4.01. The van der Waals surface area contributed by atoms with Crippen molar-refractivity contribution in [3.63, 3.8) is 0 Å². The van der Waals surface area contributed by atoms with Crippen LogP contribution in [0.3, 0.4) is 0 Å². The van der Waals surface area contributed by atoms with Crippen molar-refractivity contribution in [2.24, 2.45) is 0 Å². The van der Waals surface area contributed by atoms with Crippen molar-refractivity contribution in [3.8, 4) is 0 Å². The van der Waals surface area contributed by atoms with Crippen molar-refractivity contribution in [1.29, 1.82) is 0 Å². The van der Waals surface area contributed by atoms with Crippen molar-refractivity contribution in [1.82, 2.24) is 9.97 Å². The van der Waals surface area contributed by atoms with E-state index in [2.05, 4.69) is 15.3 Å². The molecule has 2 aromatic rings. The molecule has 0 radical (unpaired) electrons. The van der Waals surface area contributed by atoms with Gasteiger partial charge in [0.25, 0.3) is 5.91 Å². The number of nitrogens with zero attached hydrogens (tertiary/aromatic N) is 2. The molecule has 18 heavy (non-hydrogen) atoms. The quantitative estimate of drug-likeness (QED) is 0.920. The minimum atomic E-state index is -0.464. The molecular weight excluding hydrogens is 296 g/mol. The van der Waals surface area contributed by atoms with Crippen LogP contribution in [0.4, 0.5) is 5.69 Å². The van der Waals surface area contributed by atoms with Crippen LogP contribution in [0.15, 0.2) is 30.6 Å². The Morgan fingerprint density at radius 2 is 1.72 bits per heavy atom. The number of amides is 1. The summed E-state index contributed by atoms with van der Waals surface area (Å²) in [5.74, 6) is -0.464. The predicted molar refractivity (Wildman–Crippen MR) is 71.5 cm³/mol. The SMILES string of the molecule is O=C(Nc1c(Cl)cccc1Cl)c1cnc(Cl)cn1. The fraction of sp³-hybridized carbons (Fsp3) is 0. The van der Waals surface area contributed by atoms with E-state index in [9.17, 15) is 4.79 Å². The molecule has 1 amide bonds.